The number of halogens is 2. The van der Waals surface area contributed by atoms with Gasteiger partial charge in [0.05, 0.1) is 6.10 Å². The minimum Gasteiger partial charge on any atom is -0.487 e. The zero-order valence-electron chi connectivity index (χ0n) is 17.3. The second-order valence-electron chi connectivity index (χ2n) is 8.37. The van der Waals surface area contributed by atoms with E-state index in [4.69, 9.17) is 9.47 Å². The highest BCUT2D eigenvalue weighted by Gasteiger charge is 2.27. The Morgan fingerprint density at radius 2 is 1.79 bits per heavy atom. The van der Waals surface area contributed by atoms with Gasteiger partial charge in [-0.1, -0.05) is 45.3 Å². The summed E-state index contributed by atoms with van der Waals surface area (Å²) in [7, 11) is 0. The third-order valence-electron chi connectivity index (χ3n) is 6.17. The van der Waals surface area contributed by atoms with Crippen LogP contribution in [0.5, 0.6) is 11.5 Å². The molecule has 0 radical (unpaired) electrons. The van der Waals surface area contributed by atoms with E-state index in [0.29, 0.717) is 17.9 Å². The summed E-state index contributed by atoms with van der Waals surface area (Å²) in [6.45, 7) is 4.59. The molecule has 2 aliphatic rings. The molecule has 0 saturated heterocycles. The maximum Gasteiger partial charge on any atom is 0.204 e. The molecule has 156 valence electrons. The first-order valence-electron chi connectivity index (χ1n) is 11.1. The molecule has 1 fully saturated rings. The molecule has 3 rings (SSSR count). The molecule has 0 aromatic heterocycles. The fourth-order valence-corrected chi connectivity index (χ4v) is 4.58. The van der Waals surface area contributed by atoms with Crippen molar-refractivity contribution in [2.45, 2.75) is 84.2 Å². The van der Waals surface area contributed by atoms with Crippen molar-refractivity contribution in [2.75, 3.05) is 6.61 Å². The molecule has 1 saturated carbocycles. The molecule has 0 N–H and O–H groups in total. The van der Waals surface area contributed by atoms with Crippen molar-refractivity contribution in [3.8, 4) is 11.5 Å². The van der Waals surface area contributed by atoms with Crippen LogP contribution in [0.25, 0.3) is 0 Å². The first kappa shape index (κ1) is 21.1. The van der Waals surface area contributed by atoms with Crippen LogP contribution >= 0.6 is 0 Å². The van der Waals surface area contributed by atoms with E-state index in [9.17, 15) is 8.78 Å². The SMILES string of the molecule is CCCC1CCC(/C=C/COc2cc3c(c(F)c2F)OC(CCC)CC3)CC1. The van der Waals surface area contributed by atoms with E-state index in [1.54, 1.807) is 6.07 Å². The third-order valence-corrected chi connectivity index (χ3v) is 6.17. The van der Waals surface area contributed by atoms with Crippen LogP contribution in [0, 0.1) is 23.5 Å². The van der Waals surface area contributed by atoms with E-state index in [1.165, 1.54) is 38.5 Å². The van der Waals surface area contributed by atoms with E-state index in [1.807, 2.05) is 6.08 Å². The molecule has 28 heavy (non-hydrogen) atoms. The molecule has 1 aliphatic carbocycles. The van der Waals surface area contributed by atoms with E-state index >= 15 is 0 Å². The Labute approximate surface area is 168 Å². The number of fused-ring (bicyclic) bond motifs is 1. The summed E-state index contributed by atoms with van der Waals surface area (Å²) in [5, 5.41) is 0. The van der Waals surface area contributed by atoms with Gasteiger partial charge >= 0.3 is 0 Å². The second-order valence-corrected chi connectivity index (χ2v) is 8.37. The molecule has 1 heterocycles. The van der Waals surface area contributed by atoms with E-state index in [0.717, 1.165) is 25.2 Å². The highest BCUT2D eigenvalue weighted by molar-refractivity contribution is 5.44. The van der Waals surface area contributed by atoms with Crippen LogP contribution in [0.3, 0.4) is 0 Å². The van der Waals surface area contributed by atoms with Gasteiger partial charge < -0.3 is 9.47 Å². The van der Waals surface area contributed by atoms with E-state index < -0.39 is 11.6 Å². The average Bonchev–Trinajstić information content (AvgIpc) is 2.71. The number of hydrogen-bond donors (Lipinski definition) is 0. The number of benzene rings is 1. The molecule has 1 unspecified atom stereocenters. The van der Waals surface area contributed by atoms with Gasteiger partial charge in [-0.25, -0.2) is 0 Å². The summed E-state index contributed by atoms with van der Waals surface area (Å²) >= 11 is 0. The molecule has 1 atom stereocenters. The molecule has 1 aromatic rings. The van der Waals surface area contributed by atoms with Gasteiger partial charge in [-0.3, -0.25) is 0 Å². The molecule has 4 heteroatoms. The molecular weight excluding hydrogens is 358 g/mol. The quantitative estimate of drug-likeness (QED) is 0.443. The van der Waals surface area contributed by atoms with Crippen molar-refractivity contribution in [1.29, 1.82) is 0 Å². The van der Waals surface area contributed by atoms with Gasteiger partial charge in [-0.2, -0.15) is 8.78 Å². The number of hydrogen-bond acceptors (Lipinski definition) is 2. The summed E-state index contributed by atoms with van der Waals surface area (Å²) < 4.78 is 40.1. The molecule has 0 bridgehead atoms. The summed E-state index contributed by atoms with van der Waals surface area (Å²) in [5.74, 6) is -0.307. The number of rotatable bonds is 8. The molecule has 2 nitrogen and oxygen atoms in total. The first-order valence-corrected chi connectivity index (χ1v) is 11.1. The van der Waals surface area contributed by atoms with E-state index in [2.05, 4.69) is 19.9 Å². The Bertz CT molecular complexity index is 663. The normalized spacial score (nSPS) is 24.8. The maximum absolute atomic E-state index is 14.5. The predicted octanol–water partition coefficient (Wildman–Crippen LogP) is 7.00. The van der Waals surface area contributed by atoms with Crippen LogP contribution in [0.4, 0.5) is 8.78 Å². The van der Waals surface area contributed by atoms with Crippen molar-refractivity contribution in [3.63, 3.8) is 0 Å². The second kappa shape index (κ2) is 10.3. The average molecular weight is 393 g/mol. The monoisotopic (exact) mass is 392 g/mol. The lowest BCUT2D eigenvalue weighted by atomic mass is 9.80. The molecule has 0 spiro atoms. The fraction of sp³-hybridized carbons (Fsp3) is 0.667. The summed E-state index contributed by atoms with van der Waals surface area (Å²) in [6.07, 6.45) is 15.1. The Kier molecular flexibility index (Phi) is 7.75. The lowest BCUT2D eigenvalue weighted by Gasteiger charge is -2.27. The van der Waals surface area contributed by atoms with Gasteiger partial charge in [0.1, 0.15) is 6.61 Å². The zero-order valence-corrected chi connectivity index (χ0v) is 17.3. The maximum atomic E-state index is 14.5. The van der Waals surface area contributed by atoms with Crippen molar-refractivity contribution in [3.05, 3.63) is 35.4 Å². The van der Waals surface area contributed by atoms with Crippen LogP contribution in [0.2, 0.25) is 0 Å². The van der Waals surface area contributed by atoms with Gasteiger partial charge in [0.15, 0.2) is 11.5 Å². The van der Waals surface area contributed by atoms with Crippen molar-refractivity contribution in [1.82, 2.24) is 0 Å². The predicted molar refractivity (Wildman–Crippen MR) is 109 cm³/mol. The summed E-state index contributed by atoms with van der Waals surface area (Å²) in [6, 6.07) is 1.61. The molecule has 1 aliphatic heterocycles. The van der Waals surface area contributed by atoms with Crippen molar-refractivity contribution >= 4 is 0 Å². The van der Waals surface area contributed by atoms with Crippen LogP contribution in [0.15, 0.2) is 18.2 Å². The van der Waals surface area contributed by atoms with Crippen LogP contribution in [0.1, 0.15) is 77.2 Å². The third kappa shape index (κ3) is 5.27. The Balaban J connectivity index is 1.53. The largest absolute Gasteiger partial charge is 0.487 e. The van der Waals surface area contributed by atoms with Crippen molar-refractivity contribution in [2.24, 2.45) is 11.8 Å². The Hall–Kier alpha value is -1.58. The number of aryl methyl sites for hydroxylation is 1. The van der Waals surface area contributed by atoms with E-state index in [-0.39, 0.29) is 24.2 Å². The number of ether oxygens (including phenoxy) is 2. The summed E-state index contributed by atoms with van der Waals surface area (Å²) in [5.41, 5.74) is 0.708. The molecule has 0 amide bonds. The summed E-state index contributed by atoms with van der Waals surface area (Å²) in [4.78, 5) is 0. The Morgan fingerprint density at radius 1 is 1.04 bits per heavy atom. The fourth-order valence-electron chi connectivity index (χ4n) is 4.58. The highest BCUT2D eigenvalue weighted by Crippen LogP contribution is 2.37. The smallest absolute Gasteiger partial charge is 0.204 e. The van der Waals surface area contributed by atoms with Gasteiger partial charge in [0.2, 0.25) is 11.6 Å². The van der Waals surface area contributed by atoms with Crippen LogP contribution in [-0.4, -0.2) is 12.7 Å². The van der Waals surface area contributed by atoms with Crippen LogP contribution in [-0.2, 0) is 6.42 Å². The van der Waals surface area contributed by atoms with Gasteiger partial charge in [0.25, 0.3) is 0 Å². The van der Waals surface area contributed by atoms with Gasteiger partial charge in [-0.05, 0) is 62.8 Å². The minimum atomic E-state index is -0.940. The van der Waals surface area contributed by atoms with Gasteiger partial charge in [0, 0.05) is 5.56 Å². The number of allylic oxidation sites excluding steroid dienone is 1. The lowest BCUT2D eigenvalue weighted by molar-refractivity contribution is 0.152. The highest BCUT2D eigenvalue weighted by atomic mass is 19.2. The molecule has 1 aromatic carbocycles. The minimum absolute atomic E-state index is 0.00917. The Morgan fingerprint density at radius 3 is 2.50 bits per heavy atom. The van der Waals surface area contributed by atoms with Crippen molar-refractivity contribution < 1.29 is 18.3 Å². The van der Waals surface area contributed by atoms with Gasteiger partial charge in [-0.15, -0.1) is 0 Å². The topological polar surface area (TPSA) is 18.5 Å². The molecular formula is C24H34F2O2. The first-order chi connectivity index (χ1) is 13.6. The lowest BCUT2D eigenvalue weighted by Crippen LogP contribution is -2.23. The standard InChI is InChI=1S/C24H34F2O2/c1-3-6-17-9-11-18(12-10-17)8-5-15-27-21-16-19-13-14-20(7-4-2)28-24(19)23(26)22(21)25/h5,8,16-18,20H,3-4,6-7,9-15H2,1-2H3/b8-5+. The van der Waals surface area contributed by atoms with Crippen LogP contribution < -0.4 is 9.47 Å². The zero-order chi connectivity index (χ0) is 19.9.